The first-order valence-corrected chi connectivity index (χ1v) is 7.31. The van der Waals surface area contributed by atoms with Crippen LogP contribution in [0.5, 0.6) is 0 Å². The topological polar surface area (TPSA) is 53.4 Å². The lowest BCUT2D eigenvalue weighted by molar-refractivity contribution is -0.136. The number of anilines is 1. The first-order valence-electron chi connectivity index (χ1n) is 6.49. The van der Waals surface area contributed by atoms with Crippen LogP contribution in [0.15, 0.2) is 24.3 Å². The van der Waals surface area contributed by atoms with E-state index in [0.717, 1.165) is 33.3 Å². The Labute approximate surface area is 122 Å². The summed E-state index contributed by atoms with van der Waals surface area (Å²) in [6, 6.07) is 8.13. The Hall–Kier alpha value is -1.88. The molecule has 0 saturated heterocycles. The van der Waals surface area contributed by atoms with Gasteiger partial charge in [0.05, 0.1) is 12.1 Å². The summed E-state index contributed by atoms with van der Waals surface area (Å²) >= 11 is 1.47. The lowest BCUT2D eigenvalue weighted by Crippen LogP contribution is -2.07. The van der Waals surface area contributed by atoms with Gasteiger partial charge in [0.25, 0.3) is 0 Å². The highest BCUT2D eigenvalue weighted by molar-refractivity contribution is 7.15. The summed E-state index contributed by atoms with van der Waals surface area (Å²) in [7, 11) is 4.00. The molecule has 0 aliphatic rings. The Balaban J connectivity index is 2.32. The predicted octanol–water partition coefficient (Wildman–Crippen LogP) is 3.07. The van der Waals surface area contributed by atoms with Gasteiger partial charge >= 0.3 is 5.97 Å². The Kier molecular flexibility index (Phi) is 4.39. The molecule has 0 saturated carbocycles. The summed E-state index contributed by atoms with van der Waals surface area (Å²) in [5.41, 5.74) is 3.06. The molecule has 0 aliphatic heterocycles. The third kappa shape index (κ3) is 3.17. The average Bonchev–Trinajstić information content (AvgIpc) is 2.81. The molecule has 0 aliphatic carbocycles. The van der Waals surface area contributed by atoms with E-state index in [1.165, 1.54) is 11.3 Å². The highest BCUT2D eigenvalue weighted by Gasteiger charge is 2.14. The molecule has 1 heterocycles. The maximum atomic E-state index is 10.9. The summed E-state index contributed by atoms with van der Waals surface area (Å²) in [5.74, 6) is -0.808. The van der Waals surface area contributed by atoms with Gasteiger partial charge in [0.2, 0.25) is 0 Å². The van der Waals surface area contributed by atoms with Gasteiger partial charge < -0.3 is 10.0 Å². The number of carboxylic acid groups (broad SMARTS) is 1. The number of aliphatic carboxylic acids is 1. The molecule has 20 heavy (non-hydrogen) atoms. The molecule has 5 heteroatoms. The second-order valence-electron chi connectivity index (χ2n) is 4.75. The van der Waals surface area contributed by atoms with Crippen molar-refractivity contribution in [3.8, 4) is 10.6 Å². The Morgan fingerprint density at radius 2 is 1.95 bits per heavy atom. The van der Waals surface area contributed by atoms with Crippen molar-refractivity contribution in [2.75, 3.05) is 19.0 Å². The van der Waals surface area contributed by atoms with Crippen LogP contribution in [0.25, 0.3) is 10.6 Å². The highest BCUT2D eigenvalue weighted by atomic mass is 32.1. The average molecular weight is 290 g/mol. The number of hydrogen-bond donors (Lipinski definition) is 1. The fraction of sp³-hybridized carbons (Fsp3) is 0.333. The number of hydrogen-bond acceptors (Lipinski definition) is 4. The molecule has 2 rings (SSSR count). The first-order chi connectivity index (χ1) is 9.51. The zero-order chi connectivity index (χ0) is 14.7. The molecular formula is C15H18N2O2S. The van der Waals surface area contributed by atoms with Crippen molar-refractivity contribution in [3.05, 3.63) is 34.8 Å². The lowest BCUT2D eigenvalue weighted by atomic mass is 10.2. The number of nitrogens with zero attached hydrogens (tertiary/aromatic N) is 2. The number of thiazole rings is 1. The van der Waals surface area contributed by atoms with Gasteiger partial charge in [-0.2, -0.15) is 0 Å². The van der Waals surface area contributed by atoms with Gasteiger partial charge in [-0.25, -0.2) is 4.98 Å². The van der Waals surface area contributed by atoms with Crippen molar-refractivity contribution in [2.24, 2.45) is 0 Å². The molecule has 2 aromatic rings. The van der Waals surface area contributed by atoms with Crippen molar-refractivity contribution in [1.29, 1.82) is 0 Å². The van der Waals surface area contributed by atoms with Crippen molar-refractivity contribution < 1.29 is 9.90 Å². The van der Waals surface area contributed by atoms with Crippen LogP contribution < -0.4 is 4.90 Å². The zero-order valence-corrected chi connectivity index (χ0v) is 12.7. The van der Waals surface area contributed by atoms with E-state index in [9.17, 15) is 4.79 Å². The maximum Gasteiger partial charge on any atom is 0.308 e. The maximum absolute atomic E-state index is 10.9. The largest absolute Gasteiger partial charge is 0.481 e. The molecule has 0 radical (unpaired) electrons. The molecule has 106 valence electrons. The third-order valence-corrected chi connectivity index (χ3v) is 4.20. The molecule has 0 amide bonds. The van der Waals surface area contributed by atoms with E-state index >= 15 is 0 Å². The van der Waals surface area contributed by atoms with Crippen LogP contribution in [0.1, 0.15) is 17.5 Å². The molecule has 1 aromatic carbocycles. The Morgan fingerprint density at radius 3 is 2.45 bits per heavy atom. The Morgan fingerprint density at radius 1 is 1.30 bits per heavy atom. The van der Waals surface area contributed by atoms with Crippen LogP contribution >= 0.6 is 11.3 Å². The fourth-order valence-electron chi connectivity index (χ4n) is 1.96. The fourth-order valence-corrected chi connectivity index (χ4v) is 3.11. The normalized spacial score (nSPS) is 10.6. The van der Waals surface area contributed by atoms with E-state index in [4.69, 9.17) is 5.11 Å². The van der Waals surface area contributed by atoms with Gasteiger partial charge in [-0.15, -0.1) is 11.3 Å². The summed E-state index contributed by atoms with van der Waals surface area (Å²) in [4.78, 5) is 18.3. The van der Waals surface area contributed by atoms with Crippen molar-refractivity contribution in [3.63, 3.8) is 0 Å². The Bertz CT molecular complexity index is 603. The van der Waals surface area contributed by atoms with Gasteiger partial charge in [0.1, 0.15) is 5.01 Å². The summed E-state index contributed by atoms with van der Waals surface area (Å²) < 4.78 is 0. The van der Waals surface area contributed by atoms with Crippen molar-refractivity contribution in [1.82, 2.24) is 4.98 Å². The van der Waals surface area contributed by atoms with Crippen LogP contribution in [0.4, 0.5) is 5.69 Å². The molecule has 0 unspecified atom stereocenters. The van der Waals surface area contributed by atoms with Crippen molar-refractivity contribution in [2.45, 2.75) is 19.8 Å². The van der Waals surface area contributed by atoms with Crippen LogP contribution in [-0.2, 0) is 17.6 Å². The second kappa shape index (κ2) is 6.05. The van der Waals surface area contributed by atoms with E-state index in [2.05, 4.69) is 4.98 Å². The summed E-state index contributed by atoms with van der Waals surface area (Å²) in [5, 5.41) is 9.83. The van der Waals surface area contributed by atoms with Gasteiger partial charge in [0.15, 0.2) is 0 Å². The van der Waals surface area contributed by atoms with Gasteiger partial charge in [-0.05, 0) is 30.7 Å². The number of aryl methyl sites for hydroxylation is 1. The SMILES string of the molecule is CCc1nc(-c2ccc(N(C)C)cc2)sc1CC(=O)O. The molecule has 0 atom stereocenters. The minimum atomic E-state index is -0.808. The zero-order valence-electron chi connectivity index (χ0n) is 11.9. The van der Waals surface area contributed by atoms with Crippen molar-refractivity contribution >= 4 is 23.0 Å². The number of benzene rings is 1. The predicted molar refractivity (Wildman–Crippen MR) is 82.6 cm³/mol. The molecule has 0 bridgehead atoms. The van der Waals surface area contributed by atoms with Crippen LogP contribution in [0, 0.1) is 0 Å². The molecule has 0 fully saturated rings. The monoisotopic (exact) mass is 290 g/mol. The molecule has 1 N–H and O–H groups in total. The summed E-state index contributed by atoms with van der Waals surface area (Å²) in [6.07, 6.45) is 0.811. The number of carboxylic acids is 1. The van der Waals surface area contributed by atoms with E-state index in [-0.39, 0.29) is 6.42 Å². The van der Waals surface area contributed by atoms with Gasteiger partial charge in [-0.1, -0.05) is 6.92 Å². The lowest BCUT2D eigenvalue weighted by Gasteiger charge is -2.11. The molecule has 0 spiro atoms. The smallest absolute Gasteiger partial charge is 0.308 e. The first kappa shape index (κ1) is 14.5. The van der Waals surface area contributed by atoms with Gasteiger partial charge in [0, 0.05) is 30.2 Å². The number of aromatic nitrogens is 1. The van der Waals surface area contributed by atoms with Gasteiger partial charge in [-0.3, -0.25) is 4.79 Å². The quantitative estimate of drug-likeness (QED) is 0.919. The molecular weight excluding hydrogens is 272 g/mol. The number of carbonyl (C=O) groups is 1. The van der Waals surface area contributed by atoms with Crippen LogP contribution in [-0.4, -0.2) is 30.2 Å². The number of rotatable bonds is 5. The standard InChI is InChI=1S/C15H18N2O2S/c1-4-12-13(9-14(18)19)20-15(16-12)10-5-7-11(8-6-10)17(2)3/h5-8H,4,9H2,1-3H3,(H,18,19). The van der Waals surface area contributed by atoms with E-state index in [0.29, 0.717) is 0 Å². The molecule has 1 aromatic heterocycles. The highest BCUT2D eigenvalue weighted by Crippen LogP contribution is 2.30. The van der Waals surface area contributed by atoms with Crippen LogP contribution in [0.2, 0.25) is 0 Å². The minimum Gasteiger partial charge on any atom is -0.481 e. The second-order valence-corrected chi connectivity index (χ2v) is 5.84. The van der Waals surface area contributed by atoms with E-state index in [1.54, 1.807) is 0 Å². The minimum absolute atomic E-state index is 0.0522. The van der Waals surface area contributed by atoms with E-state index in [1.807, 2.05) is 50.2 Å². The summed E-state index contributed by atoms with van der Waals surface area (Å²) in [6.45, 7) is 2.00. The third-order valence-electron chi connectivity index (χ3n) is 3.06. The van der Waals surface area contributed by atoms with Crippen LogP contribution in [0.3, 0.4) is 0 Å². The van der Waals surface area contributed by atoms with E-state index < -0.39 is 5.97 Å². The molecule has 4 nitrogen and oxygen atoms in total.